The van der Waals surface area contributed by atoms with Gasteiger partial charge in [-0.1, -0.05) is 12.1 Å². The fourth-order valence-corrected chi connectivity index (χ4v) is 3.76. The van der Waals surface area contributed by atoms with Gasteiger partial charge in [-0.05, 0) is 49.6 Å². The fraction of sp³-hybridized carbons (Fsp3) is 0.632. The molecule has 25 heavy (non-hydrogen) atoms. The summed E-state index contributed by atoms with van der Waals surface area (Å²) in [6.07, 6.45) is 6.92. The molecule has 5 nitrogen and oxygen atoms in total. The molecule has 2 N–H and O–H groups in total. The van der Waals surface area contributed by atoms with E-state index >= 15 is 0 Å². The topological polar surface area (TPSA) is 54.9 Å². The number of aliphatic imine (C=N–C) groups is 1. The van der Waals surface area contributed by atoms with Crippen molar-refractivity contribution >= 4 is 17.7 Å². The quantitative estimate of drug-likeness (QED) is 0.400. The van der Waals surface area contributed by atoms with Crippen molar-refractivity contribution < 1.29 is 9.47 Å². The Morgan fingerprint density at radius 2 is 2.08 bits per heavy atom. The van der Waals surface area contributed by atoms with E-state index in [1.54, 1.807) is 7.11 Å². The van der Waals surface area contributed by atoms with Gasteiger partial charge in [0, 0.05) is 31.5 Å². The predicted octanol–water partition coefficient (Wildman–Crippen LogP) is 3.05. The molecule has 2 atom stereocenters. The number of guanidine groups is 1. The first-order valence-electron chi connectivity index (χ1n) is 8.95. The fourth-order valence-electron chi connectivity index (χ4n) is 2.97. The van der Waals surface area contributed by atoms with E-state index in [-0.39, 0.29) is 0 Å². The molecular weight excluding hydrogens is 334 g/mol. The number of benzene rings is 1. The first-order valence-corrected chi connectivity index (χ1v) is 10.2. The van der Waals surface area contributed by atoms with E-state index in [9.17, 15) is 0 Å². The zero-order valence-corrected chi connectivity index (χ0v) is 16.4. The van der Waals surface area contributed by atoms with Crippen molar-refractivity contribution in [3.8, 4) is 5.75 Å². The number of hydrogen-bond acceptors (Lipinski definition) is 4. The van der Waals surface area contributed by atoms with Crippen LogP contribution >= 0.6 is 11.8 Å². The van der Waals surface area contributed by atoms with Gasteiger partial charge in [-0.2, -0.15) is 11.8 Å². The summed E-state index contributed by atoms with van der Waals surface area (Å²) in [6.45, 7) is 2.23. The maximum atomic E-state index is 5.73. The van der Waals surface area contributed by atoms with Crippen molar-refractivity contribution in [2.45, 2.75) is 43.6 Å². The lowest BCUT2D eigenvalue weighted by atomic mass is 10.2. The minimum atomic E-state index is 0.551. The lowest BCUT2D eigenvalue weighted by Crippen LogP contribution is -2.43. The van der Waals surface area contributed by atoms with Crippen LogP contribution in [0.15, 0.2) is 29.3 Å². The number of nitrogens with zero attached hydrogens (tertiary/aromatic N) is 1. The molecular formula is C19H31N3O2S. The Morgan fingerprint density at radius 1 is 1.28 bits per heavy atom. The van der Waals surface area contributed by atoms with E-state index in [0.29, 0.717) is 12.6 Å². The van der Waals surface area contributed by atoms with Gasteiger partial charge in [-0.15, -0.1) is 0 Å². The number of nitrogens with one attached hydrogen (secondary N) is 2. The molecule has 1 saturated carbocycles. The zero-order chi connectivity index (χ0) is 17.9. The normalized spacial score (nSPS) is 20.5. The maximum Gasteiger partial charge on any atom is 0.191 e. The zero-order valence-electron chi connectivity index (χ0n) is 15.6. The van der Waals surface area contributed by atoms with Gasteiger partial charge in [0.15, 0.2) is 5.96 Å². The number of thioether (sulfide) groups is 1. The number of rotatable bonds is 9. The average molecular weight is 366 g/mol. The molecule has 6 heteroatoms. The van der Waals surface area contributed by atoms with Gasteiger partial charge in [-0.25, -0.2) is 0 Å². The van der Waals surface area contributed by atoms with Crippen LogP contribution in [0.1, 0.15) is 31.2 Å². The first-order chi connectivity index (χ1) is 12.2. The Balaban J connectivity index is 1.55. The highest BCUT2D eigenvalue weighted by Gasteiger charge is 2.24. The molecule has 1 aliphatic carbocycles. The van der Waals surface area contributed by atoms with Crippen LogP contribution in [0.25, 0.3) is 0 Å². The number of ether oxygens (including phenoxy) is 2. The highest BCUT2D eigenvalue weighted by atomic mass is 32.2. The van der Waals surface area contributed by atoms with Crippen molar-refractivity contribution in [1.82, 2.24) is 10.6 Å². The minimum absolute atomic E-state index is 0.551. The average Bonchev–Trinajstić information content (AvgIpc) is 3.11. The second kappa shape index (κ2) is 11.3. The molecule has 0 bridgehead atoms. The van der Waals surface area contributed by atoms with Gasteiger partial charge in [0.1, 0.15) is 5.75 Å². The highest BCUT2D eigenvalue weighted by Crippen LogP contribution is 2.27. The third kappa shape index (κ3) is 7.16. The third-order valence-electron chi connectivity index (χ3n) is 4.47. The van der Waals surface area contributed by atoms with E-state index in [2.05, 4.69) is 21.9 Å². The Hall–Kier alpha value is -1.40. The molecule has 140 valence electrons. The van der Waals surface area contributed by atoms with Crippen LogP contribution in [0.3, 0.4) is 0 Å². The van der Waals surface area contributed by atoms with Crippen molar-refractivity contribution in [2.75, 3.05) is 33.6 Å². The van der Waals surface area contributed by atoms with Crippen molar-refractivity contribution in [1.29, 1.82) is 0 Å². The summed E-state index contributed by atoms with van der Waals surface area (Å²) in [5.41, 5.74) is 1.16. The van der Waals surface area contributed by atoms with Crippen LogP contribution in [0.5, 0.6) is 5.75 Å². The molecule has 1 aromatic carbocycles. The molecule has 0 radical (unpaired) electrons. The third-order valence-corrected chi connectivity index (χ3v) is 5.56. The molecule has 1 fully saturated rings. The monoisotopic (exact) mass is 365 g/mol. The van der Waals surface area contributed by atoms with Gasteiger partial charge in [0.05, 0.1) is 13.7 Å². The summed E-state index contributed by atoms with van der Waals surface area (Å²) in [7, 11) is 3.51. The number of hydrogen-bond donors (Lipinski definition) is 2. The van der Waals surface area contributed by atoms with Crippen LogP contribution in [0, 0.1) is 0 Å². The smallest absolute Gasteiger partial charge is 0.191 e. The summed E-state index contributed by atoms with van der Waals surface area (Å²) >= 11 is 1.97. The second-order valence-corrected chi connectivity index (χ2v) is 7.40. The Kier molecular flexibility index (Phi) is 8.97. The van der Waals surface area contributed by atoms with Crippen molar-refractivity contribution in [3.05, 3.63) is 29.8 Å². The van der Waals surface area contributed by atoms with E-state index in [0.717, 1.165) is 42.1 Å². The largest absolute Gasteiger partial charge is 0.497 e. The highest BCUT2D eigenvalue weighted by molar-refractivity contribution is 7.99. The first kappa shape index (κ1) is 19.9. The molecule has 2 rings (SSSR count). The predicted molar refractivity (Wildman–Crippen MR) is 107 cm³/mol. The van der Waals surface area contributed by atoms with Crippen LogP contribution in [-0.4, -0.2) is 50.8 Å². The Morgan fingerprint density at radius 3 is 2.72 bits per heavy atom. The van der Waals surface area contributed by atoms with Crippen LogP contribution in [0.4, 0.5) is 0 Å². The molecule has 0 heterocycles. The summed E-state index contributed by atoms with van der Waals surface area (Å²) in [5.74, 6) is 1.78. The molecule has 0 saturated heterocycles. The van der Waals surface area contributed by atoms with Crippen molar-refractivity contribution in [3.63, 3.8) is 0 Å². The standard InChI is InChI=1S/C19H31N3O2S/c1-20-19(22-16-7-10-18(13-16)25-3)21-11-4-12-24-14-15-5-8-17(23-2)9-6-15/h5-6,8-9,16,18H,4,7,10-14H2,1-3H3,(H2,20,21,22). The summed E-state index contributed by atoms with van der Waals surface area (Å²) in [6, 6.07) is 8.54. The second-order valence-electron chi connectivity index (χ2n) is 6.27. The Bertz CT molecular complexity index is 522. The molecule has 0 aliphatic heterocycles. The SMILES string of the molecule is CN=C(NCCCOCc1ccc(OC)cc1)NC1CCC(SC)C1. The lowest BCUT2D eigenvalue weighted by Gasteiger charge is -2.17. The van der Waals surface area contributed by atoms with E-state index in [1.807, 2.05) is 43.1 Å². The van der Waals surface area contributed by atoms with Gasteiger partial charge in [-0.3, -0.25) is 4.99 Å². The van der Waals surface area contributed by atoms with Gasteiger partial charge >= 0.3 is 0 Å². The van der Waals surface area contributed by atoms with Crippen molar-refractivity contribution in [2.24, 2.45) is 4.99 Å². The van der Waals surface area contributed by atoms with E-state index in [4.69, 9.17) is 9.47 Å². The van der Waals surface area contributed by atoms with Crippen LogP contribution < -0.4 is 15.4 Å². The van der Waals surface area contributed by atoms with E-state index < -0.39 is 0 Å². The van der Waals surface area contributed by atoms with E-state index in [1.165, 1.54) is 19.3 Å². The number of methoxy groups -OCH3 is 1. The maximum absolute atomic E-state index is 5.73. The summed E-state index contributed by atoms with van der Waals surface area (Å²) < 4.78 is 10.9. The molecule has 1 aromatic rings. The van der Waals surface area contributed by atoms with Gasteiger partial charge in [0.2, 0.25) is 0 Å². The molecule has 1 aliphatic rings. The molecule has 2 unspecified atom stereocenters. The Labute approximate surface area is 156 Å². The lowest BCUT2D eigenvalue weighted by molar-refractivity contribution is 0.119. The summed E-state index contributed by atoms with van der Waals surface area (Å²) in [5, 5.41) is 7.70. The van der Waals surface area contributed by atoms with Crippen LogP contribution in [-0.2, 0) is 11.3 Å². The molecule has 0 amide bonds. The van der Waals surface area contributed by atoms with Crippen LogP contribution in [0.2, 0.25) is 0 Å². The molecule has 0 spiro atoms. The van der Waals surface area contributed by atoms with Gasteiger partial charge < -0.3 is 20.1 Å². The summed E-state index contributed by atoms with van der Waals surface area (Å²) in [4.78, 5) is 4.32. The molecule has 0 aromatic heterocycles. The minimum Gasteiger partial charge on any atom is -0.497 e. The van der Waals surface area contributed by atoms with Gasteiger partial charge in [0.25, 0.3) is 0 Å².